The molecule has 3 aromatic rings. The number of fused-ring (bicyclic) bond motifs is 3. The molecule has 2 heterocycles. The Morgan fingerprint density at radius 1 is 1.33 bits per heavy atom. The van der Waals surface area contributed by atoms with Gasteiger partial charge in [-0.25, -0.2) is 9.97 Å². The summed E-state index contributed by atoms with van der Waals surface area (Å²) in [6.07, 6.45) is 4.85. The van der Waals surface area contributed by atoms with Gasteiger partial charge in [0.25, 0.3) is 5.69 Å². The normalized spacial score (nSPS) is 16.3. The predicted molar refractivity (Wildman–Crippen MR) is 107 cm³/mol. The van der Waals surface area contributed by atoms with Crippen LogP contribution in [0, 0.1) is 16.0 Å². The Bertz CT molecular complexity index is 1030. The average molecular weight is 399 g/mol. The fraction of sp³-hybridized carbons (Fsp3) is 0.316. The molecule has 0 bridgehead atoms. The van der Waals surface area contributed by atoms with Crippen molar-refractivity contribution in [2.24, 2.45) is 5.92 Å². The molecule has 1 aromatic carbocycles. The Hall–Kier alpha value is -2.32. The third kappa shape index (κ3) is 3.59. The molecule has 0 saturated heterocycles. The molecule has 0 radical (unpaired) electrons. The highest BCUT2D eigenvalue weighted by molar-refractivity contribution is 8.00. The molecule has 1 aliphatic carbocycles. The van der Waals surface area contributed by atoms with E-state index in [4.69, 9.17) is 0 Å². The lowest BCUT2D eigenvalue weighted by Crippen LogP contribution is -2.09. The first kappa shape index (κ1) is 18.1. The van der Waals surface area contributed by atoms with E-state index in [0.717, 1.165) is 28.1 Å². The quantitative estimate of drug-likeness (QED) is 0.203. The highest BCUT2D eigenvalue weighted by Crippen LogP contribution is 2.40. The number of thiophene rings is 1. The lowest BCUT2D eigenvalue weighted by molar-refractivity contribution is -0.384. The van der Waals surface area contributed by atoms with Crippen LogP contribution >= 0.6 is 23.1 Å². The van der Waals surface area contributed by atoms with Gasteiger partial charge in [0.1, 0.15) is 16.2 Å². The van der Waals surface area contributed by atoms with Crippen LogP contribution in [0.25, 0.3) is 10.2 Å². The molecule has 0 fully saturated rings. The molecule has 6 nitrogen and oxygen atoms in total. The number of carbonyl (C=O) groups is 1. The van der Waals surface area contributed by atoms with E-state index >= 15 is 0 Å². The van der Waals surface area contributed by atoms with Crippen molar-refractivity contribution in [3.8, 4) is 0 Å². The molecule has 138 valence electrons. The zero-order valence-corrected chi connectivity index (χ0v) is 16.3. The third-order valence-corrected chi connectivity index (χ3v) is 6.95. The van der Waals surface area contributed by atoms with Crippen molar-refractivity contribution in [2.75, 3.05) is 5.75 Å². The molecule has 0 spiro atoms. The number of nitro groups is 1. The van der Waals surface area contributed by atoms with Crippen molar-refractivity contribution in [3.05, 3.63) is 56.7 Å². The lowest BCUT2D eigenvalue weighted by atomic mass is 9.89. The summed E-state index contributed by atoms with van der Waals surface area (Å²) >= 11 is 3.15. The van der Waals surface area contributed by atoms with Crippen LogP contribution in [-0.4, -0.2) is 26.4 Å². The number of ketones is 1. The maximum atomic E-state index is 12.5. The van der Waals surface area contributed by atoms with Crippen LogP contribution in [0.15, 0.2) is 35.6 Å². The van der Waals surface area contributed by atoms with Gasteiger partial charge in [0.05, 0.1) is 10.7 Å². The van der Waals surface area contributed by atoms with Gasteiger partial charge in [0, 0.05) is 28.0 Å². The first-order chi connectivity index (χ1) is 13.0. The fourth-order valence-corrected chi connectivity index (χ4v) is 5.68. The highest BCUT2D eigenvalue weighted by Gasteiger charge is 2.23. The molecule has 2 aromatic heterocycles. The van der Waals surface area contributed by atoms with Crippen molar-refractivity contribution < 1.29 is 9.72 Å². The molecule has 8 heteroatoms. The fourth-order valence-electron chi connectivity index (χ4n) is 3.34. The number of carbonyl (C=O) groups excluding carboxylic acids is 1. The number of Topliss-reactive ketones (excluding diaryl/α,β-unsaturated/α-hetero) is 1. The van der Waals surface area contributed by atoms with Crippen LogP contribution in [0.2, 0.25) is 0 Å². The second kappa shape index (κ2) is 7.36. The first-order valence-corrected chi connectivity index (χ1v) is 10.5. The zero-order valence-electron chi connectivity index (χ0n) is 14.7. The second-order valence-corrected chi connectivity index (χ2v) is 8.77. The van der Waals surface area contributed by atoms with Gasteiger partial charge in [0.2, 0.25) is 0 Å². The van der Waals surface area contributed by atoms with Gasteiger partial charge in [-0.2, -0.15) is 0 Å². The SMILES string of the molecule is C[C@H]1CCc2c(sc3ncnc(SCC(=O)c4ccc([N+](=O)[O-])cc4)c23)C1. The number of non-ortho nitro benzene ring substituents is 1. The van der Waals surface area contributed by atoms with Gasteiger partial charge in [0.15, 0.2) is 5.78 Å². The molecule has 0 saturated carbocycles. The first-order valence-electron chi connectivity index (χ1n) is 8.68. The van der Waals surface area contributed by atoms with E-state index in [1.54, 1.807) is 17.7 Å². The van der Waals surface area contributed by atoms with Gasteiger partial charge < -0.3 is 0 Å². The van der Waals surface area contributed by atoms with Crippen LogP contribution in [-0.2, 0) is 12.8 Å². The van der Waals surface area contributed by atoms with Gasteiger partial charge in [-0.1, -0.05) is 18.7 Å². The van der Waals surface area contributed by atoms with Crippen molar-refractivity contribution in [1.82, 2.24) is 9.97 Å². The summed E-state index contributed by atoms with van der Waals surface area (Å²) in [7, 11) is 0. The molecule has 0 unspecified atom stereocenters. The number of nitro benzene ring substituents is 1. The molecule has 0 N–H and O–H groups in total. The van der Waals surface area contributed by atoms with Gasteiger partial charge >= 0.3 is 0 Å². The van der Waals surface area contributed by atoms with E-state index in [-0.39, 0.29) is 17.2 Å². The van der Waals surface area contributed by atoms with E-state index in [2.05, 4.69) is 16.9 Å². The minimum atomic E-state index is -0.471. The summed E-state index contributed by atoms with van der Waals surface area (Å²) in [4.78, 5) is 34.0. The minimum Gasteiger partial charge on any atom is -0.293 e. The molecule has 1 aliphatic rings. The Kier molecular flexibility index (Phi) is 4.92. The third-order valence-electron chi connectivity index (χ3n) is 4.80. The minimum absolute atomic E-state index is 0.0177. The summed E-state index contributed by atoms with van der Waals surface area (Å²) in [6.45, 7) is 2.28. The number of aromatic nitrogens is 2. The number of aryl methyl sites for hydroxylation is 1. The molecule has 1 atom stereocenters. The molecular weight excluding hydrogens is 382 g/mol. The van der Waals surface area contributed by atoms with E-state index in [9.17, 15) is 14.9 Å². The standard InChI is InChI=1S/C19H17N3O3S2/c1-11-2-7-14-16(8-11)27-19-17(14)18(20-10-21-19)26-9-15(23)12-3-5-13(6-4-12)22(24)25/h3-6,10-11H,2,7-9H2,1H3/t11-/m0/s1. The Morgan fingerprint density at radius 2 is 2.11 bits per heavy atom. The Labute approximate surface area is 164 Å². The van der Waals surface area contributed by atoms with Crippen LogP contribution in [0.1, 0.15) is 34.1 Å². The summed E-state index contributed by atoms with van der Waals surface area (Å²) < 4.78 is 0. The molecule has 0 amide bonds. The number of thioether (sulfide) groups is 1. The molecule has 4 rings (SSSR count). The predicted octanol–water partition coefficient (Wildman–Crippen LogP) is 4.70. The molecular formula is C19H17N3O3S2. The molecule has 27 heavy (non-hydrogen) atoms. The van der Waals surface area contributed by atoms with Crippen LogP contribution in [0.5, 0.6) is 0 Å². The Balaban J connectivity index is 1.55. The summed E-state index contributed by atoms with van der Waals surface area (Å²) in [6, 6.07) is 5.73. The average Bonchev–Trinajstić information content (AvgIpc) is 3.04. The smallest absolute Gasteiger partial charge is 0.269 e. The van der Waals surface area contributed by atoms with Crippen LogP contribution in [0.4, 0.5) is 5.69 Å². The van der Waals surface area contributed by atoms with Crippen molar-refractivity contribution in [3.63, 3.8) is 0 Å². The monoisotopic (exact) mass is 399 g/mol. The zero-order chi connectivity index (χ0) is 19.0. The van der Waals surface area contributed by atoms with Crippen molar-refractivity contribution in [1.29, 1.82) is 0 Å². The van der Waals surface area contributed by atoms with E-state index in [1.807, 2.05) is 0 Å². The number of hydrogen-bond acceptors (Lipinski definition) is 7. The van der Waals surface area contributed by atoms with Gasteiger partial charge in [-0.15, -0.1) is 11.3 Å². The number of benzene rings is 1. The number of nitrogens with zero attached hydrogens (tertiary/aromatic N) is 3. The Morgan fingerprint density at radius 3 is 2.85 bits per heavy atom. The topological polar surface area (TPSA) is 86.0 Å². The number of rotatable bonds is 5. The van der Waals surface area contributed by atoms with E-state index in [1.165, 1.54) is 52.9 Å². The summed E-state index contributed by atoms with van der Waals surface area (Å²) in [5, 5.41) is 12.7. The maximum absolute atomic E-state index is 12.5. The largest absolute Gasteiger partial charge is 0.293 e. The van der Waals surface area contributed by atoms with Crippen LogP contribution < -0.4 is 0 Å². The lowest BCUT2D eigenvalue weighted by Gasteiger charge is -2.18. The van der Waals surface area contributed by atoms with Crippen molar-refractivity contribution >= 4 is 44.8 Å². The summed E-state index contributed by atoms with van der Waals surface area (Å²) in [5.74, 6) is 0.864. The van der Waals surface area contributed by atoms with E-state index in [0.29, 0.717) is 11.5 Å². The highest BCUT2D eigenvalue weighted by atomic mass is 32.2. The maximum Gasteiger partial charge on any atom is 0.269 e. The molecule has 0 aliphatic heterocycles. The van der Waals surface area contributed by atoms with Gasteiger partial charge in [-0.3, -0.25) is 14.9 Å². The van der Waals surface area contributed by atoms with Gasteiger partial charge in [-0.05, 0) is 42.9 Å². The summed E-state index contributed by atoms with van der Waals surface area (Å²) in [5.41, 5.74) is 1.80. The second-order valence-electron chi connectivity index (χ2n) is 6.73. The number of hydrogen-bond donors (Lipinski definition) is 0. The van der Waals surface area contributed by atoms with E-state index < -0.39 is 4.92 Å². The van der Waals surface area contributed by atoms with Crippen molar-refractivity contribution in [2.45, 2.75) is 31.2 Å². The van der Waals surface area contributed by atoms with Crippen LogP contribution in [0.3, 0.4) is 0 Å².